The van der Waals surface area contributed by atoms with E-state index >= 15 is 0 Å². The van der Waals surface area contributed by atoms with E-state index in [-0.39, 0.29) is 18.0 Å². The number of hydrogen-bond acceptors (Lipinski definition) is 6. The van der Waals surface area contributed by atoms with Crippen LogP contribution in [-0.2, 0) is 20.7 Å². The molecule has 2 N–H and O–H groups in total. The molecule has 2 aromatic carbocycles. The van der Waals surface area contributed by atoms with Gasteiger partial charge in [0.1, 0.15) is 6.04 Å². The Hall–Kier alpha value is -4.20. The molecule has 8 heteroatoms. The fourth-order valence-corrected chi connectivity index (χ4v) is 3.00. The summed E-state index contributed by atoms with van der Waals surface area (Å²) in [5.74, 6) is -2.12. The number of ether oxygens (including phenoxy) is 1. The van der Waals surface area contributed by atoms with E-state index in [4.69, 9.17) is 9.15 Å². The van der Waals surface area contributed by atoms with Gasteiger partial charge in [0.25, 0.3) is 11.8 Å². The number of furan rings is 1. The van der Waals surface area contributed by atoms with Crippen LogP contribution in [0.2, 0.25) is 0 Å². The number of anilines is 1. The molecular weight excluding hydrogens is 412 g/mol. The molecule has 0 aliphatic carbocycles. The van der Waals surface area contributed by atoms with Crippen LogP contribution in [0.3, 0.4) is 0 Å². The molecule has 1 heterocycles. The van der Waals surface area contributed by atoms with Crippen LogP contribution in [-0.4, -0.2) is 36.2 Å². The SMILES string of the molecule is CC(=O)c1ccccc1NC(=O)COC(=O)C(Cc1ccccc1)NC(=O)c1ccco1. The zero-order chi connectivity index (χ0) is 22.9. The maximum atomic E-state index is 12.7. The van der Waals surface area contributed by atoms with Crippen LogP contribution >= 0.6 is 0 Å². The standard InChI is InChI=1S/C24H22N2O6/c1-16(27)18-10-5-6-11-19(18)25-22(28)15-32-24(30)20(14-17-8-3-2-4-9-17)26-23(29)21-12-7-13-31-21/h2-13,20H,14-15H2,1H3,(H,25,28)(H,26,29). The molecule has 1 aromatic heterocycles. The molecule has 164 valence electrons. The fraction of sp³-hybridized carbons (Fsp3) is 0.167. The van der Waals surface area contributed by atoms with E-state index in [2.05, 4.69) is 10.6 Å². The third-order valence-corrected chi connectivity index (χ3v) is 4.54. The summed E-state index contributed by atoms with van der Waals surface area (Å²) in [5, 5.41) is 5.14. The Morgan fingerprint density at radius 2 is 1.66 bits per heavy atom. The van der Waals surface area contributed by atoms with Crippen molar-refractivity contribution in [3.63, 3.8) is 0 Å². The van der Waals surface area contributed by atoms with Crippen molar-refractivity contribution < 1.29 is 28.3 Å². The van der Waals surface area contributed by atoms with Crippen LogP contribution < -0.4 is 10.6 Å². The molecule has 0 fully saturated rings. The van der Waals surface area contributed by atoms with Gasteiger partial charge < -0.3 is 19.8 Å². The molecule has 0 radical (unpaired) electrons. The van der Waals surface area contributed by atoms with Crippen LogP contribution in [0.5, 0.6) is 0 Å². The predicted molar refractivity (Wildman–Crippen MR) is 116 cm³/mol. The summed E-state index contributed by atoms with van der Waals surface area (Å²) in [6.07, 6.45) is 1.52. The number of hydrogen-bond donors (Lipinski definition) is 2. The van der Waals surface area contributed by atoms with Gasteiger partial charge >= 0.3 is 5.97 Å². The lowest BCUT2D eigenvalue weighted by Crippen LogP contribution is -2.44. The summed E-state index contributed by atoms with van der Waals surface area (Å²) in [5.41, 5.74) is 1.47. The maximum absolute atomic E-state index is 12.7. The number of nitrogens with one attached hydrogen (secondary N) is 2. The minimum Gasteiger partial charge on any atom is -0.459 e. The van der Waals surface area contributed by atoms with Crippen molar-refractivity contribution in [3.8, 4) is 0 Å². The number of carbonyl (C=O) groups is 4. The predicted octanol–water partition coefficient (Wildman–Crippen LogP) is 3.01. The summed E-state index contributed by atoms with van der Waals surface area (Å²) < 4.78 is 10.2. The Morgan fingerprint density at radius 3 is 2.34 bits per heavy atom. The minimum atomic E-state index is -1.03. The highest BCUT2D eigenvalue weighted by molar-refractivity contribution is 6.04. The van der Waals surface area contributed by atoms with Crippen LogP contribution in [0.25, 0.3) is 0 Å². The van der Waals surface area contributed by atoms with Crippen LogP contribution in [0.4, 0.5) is 5.69 Å². The summed E-state index contributed by atoms with van der Waals surface area (Å²) >= 11 is 0. The average molecular weight is 434 g/mol. The second-order valence-electron chi connectivity index (χ2n) is 6.95. The molecule has 0 saturated carbocycles. The van der Waals surface area contributed by atoms with E-state index in [1.165, 1.54) is 19.3 Å². The molecule has 0 bridgehead atoms. The first kappa shape index (κ1) is 22.5. The molecule has 0 aliphatic rings. The van der Waals surface area contributed by atoms with Crippen molar-refractivity contribution in [1.82, 2.24) is 5.32 Å². The fourth-order valence-electron chi connectivity index (χ4n) is 3.00. The first-order valence-electron chi connectivity index (χ1n) is 9.89. The summed E-state index contributed by atoms with van der Waals surface area (Å²) in [6, 6.07) is 17.6. The third kappa shape index (κ3) is 6.15. The second kappa shape index (κ2) is 10.7. The van der Waals surface area contributed by atoms with Gasteiger partial charge in [-0.1, -0.05) is 42.5 Å². The molecule has 32 heavy (non-hydrogen) atoms. The van der Waals surface area contributed by atoms with Gasteiger partial charge in [0, 0.05) is 12.0 Å². The first-order valence-corrected chi connectivity index (χ1v) is 9.89. The van der Waals surface area contributed by atoms with Crippen molar-refractivity contribution in [3.05, 3.63) is 89.9 Å². The second-order valence-corrected chi connectivity index (χ2v) is 6.95. The number of amides is 2. The molecule has 1 unspecified atom stereocenters. The number of benzene rings is 2. The highest BCUT2D eigenvalue weighted by atomic mass is 16.5. The normalized spacial score (nSPS) is 11.3. The lowest BCUT2D eigenvalue weighted by atomic mass is 10.1. The quantitative estimate of drug-likeness (QED) is 0.395. The highest BCUT2D eigenvalue weighted by Gasteiger charge is 2.25. The minimum absolute atomic E-state index is 0.0504. The molecule has 0 aliphatic heterocycles. The maximum Gasteiger partial charge on any atom is 0.329 e. The lowest BCUT2D eigenvalue weighted by Gasteiger charge is -2.17. The smallest absolute Gasteiger partial charge is 0.329 e. The lowest BCUT2D eigenvalue weighted by molar-refractivity contribution is -0.149. The van der Waals surface area contributed by atoms with Crippen LogP contribution in [0.15, 0.2) is 77.4 Å². The third-order valence-electron chi connectivity index (χ3n) is 4.54. The van der Waals surface area contributed by atoms with E-state index in [0.717, 1.165) is 5.56 Å². The zero-order valence-electron chi connectivity index (χ0n) is 17.4. The number of ketones is 1. The molecular formula is C24H22N2O6. The van der Waals surface area contributed by atoms with Gasteiger partial charge in [-0.2, -0.15) is 0 Å². The number of Topliss-reactive ketones (excluding diaryl/α,β-unsaturated/α-hetero) is 1. The summed E-state index contributed by atoms with van der Waals surface area (Å²) in [6.45, 7) is 0.813. The average Bonchev–Trinajstić information content (AvgIpc) is 3.33. The van der Waals surface area contributed by atoms with E-state index < -0.39 is 30.4 Å². The Bertz CT molecular complexity index is 1090. The van der Waals surface area contributed by atoms with Crippen LogP contribution in [0.1, 0.15) is 33.4 Å². The molecule has 1 atom stereocenters. The molecule has 0 saturated heterocycles. The highest BCUT2D eigenvalue weighted by Crippen LogP contribution is 2.15. The molecule has 2 amide bonds. The van der Waals surface area contributed by atoms with Gasteiger partial charge in [0.15, 0.2) is 18.2 Å². The Labute approximate surface area is 184 Å². The van der Waals surface area contributed by atoms with E-state index in [1.54, 1.807) is 30.3 Å². The van der Waals surface area contributed by atoms with Crippen molar-refractivity contribution in [2.24, 2.45) is 0 Å². The van der Waals surface area contributed by atoms with Crippen LogP contribution in [0, 0.1) is 0 Å². The van der Waals surface area contributed by atoms with Crippen molar-refractivity contribution in [2.45, 2.75) is 19.4 Å². The summed E-state index contributed by atoms with van der Waals surface area (Å²) in [4.78, 5) is 49.0. The monoisotopic (exact) mass is 434 g/mol. The number of rotatable bonds is 9. The van der Waals surface area contributed by atoms with Gasteiger partial charge in [-0.3, -0.25) is 14.4 Å². The Morgan fingerprint density at radius 1 is 0.938 bits per heavy atom. The van der Waals surface area contributed by atoms with Crippen molar-refractivity contribution in [2.75, 3.05) is 11.9 Å². The van der Waals surface area contributed by atoms with Gasteiger partial charge in [-0.15, -0.1) is 0 Å². The van der Waals surface area contributed by atoms with Gasteiger partial charge in [0.2, 0.25) is 0 Å². The number of carbonyl (C=O) groups excluding carboxylic acids is 4. The molecule has 3 rings (SSSR count). The summed E-state index contributed by atoms with van der Waals surface area (Å²) in [7, 11) is 0. The molecule has 8 nitrogen and oxygen atoms in total. The number of esters is 1. The van der Waals surface area contributed by atoms with E-state index in [1.807, 2.05) is 30.3 Å². The van der Waals surface area contributed by atoms with E-state index in [0.29, 0.717) is 11.3 Å². The van der Waals surface area contributed by atoms with Gasteiger partial charge in [0.05, 0.1) is 12.0 Å². The van der Waals surface area contributed by atoms with E-state index in [9.17, 15) is 19.2 Å². The van der Waals surface area contributed by atoms with Crippen molar-refractivity contribution in [1.29, 1.82) is 0 Å². The van der Waals surface area contributed by atoms with Gasteiger partial charge in [-0.25, -0.2) is 4.79 Å². The van der Waals surface area contributed by atoms with Crippen molar-refractivity contribution >= 4 is 29.3 Å². The largest absolute Gasteiger partial charge is 0.459 e. The van der Waals surface area contributed by atoms with Gasteiger partial charge in [-0.05, 0) is 36.8 Å². The zero-order valence-corrected chi connectivity index (χ0v) is 17.4. The topological polar surface area (TPSA) is 115 Å². The number of para-hydroxylation sites is 1. The molecule has 3 aromatic rings. The Balaban J connectivity index is 1.64. The Kier molecular flexibility index (Phi) is 7.53. The first-order chi connectivity index (χ1) is 15.4. The molecule has 0 spiro atoms.